The van der Waals surface area contributed by atoms with Crippen LogP contribution in [0.2, 0.25) is 5.02 Å². The van der Waals surface area contributed by atoms with Crippen LogP contribution in [0.15, 0.2) is 35.4 Å². The molecule has 0 bridgehead atoms. The third kappa shape index (κ3) is 5.91. The zero-order valence-electron chi connectivity index (χ0n) is 17.3. The van der Waals surface area contributed by atoms with E-state index in [-0.39, 0.29) is 42.2 Å². The van der Waals surface area contributed by atoms with Crippen LogP contribution in [0.25, 0.3) is 0 Å². The molecule has 1 aromatic heterocycles. The van der Waals surface area contributed by atoms with Crippen molar-refractivity contribution in [3.8, 4) is 0 Å². The van der Waals surface area contributed by atoms with Crippen LogP contribution in [0.4, 0.5) is 33.3 Å². The van der Waals surface area contributed by atoms with Crippen molar-refractivity contribution in [1.29, 1.82) is 4.78 Å². The second-order valence-corrected chi connectivity index (χ2v) is 10.2. The Morgan fingerprint density at radius 2 is 1.97 bits per heavy atom. The van der Waals surface area contributed by atoms with E-state index in [9.17, 15) is 31.0 Å². The van der Waals surface area contributed by atoms with Gasteiger partial charge in [-0.3, -0.25) is 4.79 Å². The van der Waals surface area contributed by atoms with E-state index < -0.39 is 50.4 Å². The number of anilines is 2. The molecule has 3 rings (SSSR count). The number of carbonyl (C=O) groups excluding carboxylic acids is 1. The molecule has 2 N–H and O–H groups in total. The lowest BCUT2D eigenvalue weighted by atomic mass is 10.1. The Bertz CT molecular complexity index is 1170. The molecule has 1 amide bonds. The molecule has 2 heterocycles. The van der Waals surface area contributed by atoms with Crippen molar-refractivity contribution in [3.63, 3.8) is 0 Å². The summed E-state index contributed by atoms with van der Waals surface area (Å²) >= 11 is 5.99. The molecule has 13 heteroatoms. The summed E-state index contributed by atoms with van der Waals surface area (Å²) in [5.74, 6) is -3.95. The van der Waals surface area contributed by atoms with E-state index in [4.69, 9.17) is 16.4 Å². The first-order chi connectivity index (χ1) is 15.2. The molecule has 1 aromatic carbocycles. The van der Waals surface area contributed by atoms with Crippen molar-refractivity contribution in [3.05, 3.63) is 46.7 Å². The number of nitrogens with one attached hydrogen (secondary N) is 2. The van der Waals surface area contributed by atoms with Crippen LogP contribution in [0.1, 0.15) is 35.3 Å². The van der Waals surface area contributed by atoms with Gasteiger partial charge in [0.05, 0.1) is 32.2 Å². The predicted octanol–water partition coefficient (Wildman–Crippen LogP) is 5.67. The zero-order chi connectivity index (χ0) is 24.6. The van der Waals surface area contributed by atoms with Crippen LogP contribution >= 0.6 is 11.6 Å². The van der Waals surface area contributed by atoms with Gasteiger partial charge in [-0.1, -0.05) is 17.7 Å². The van der Waals surface area contributed by atoms with Crippen LogP contribution in [0.5, 0.6) is 0 Å². The topological polar surface area (TPSA) is 86.2 Å². The SMILES string of the molecule is CS(=N)(=O)c1cccc(NC(=O)c2c(N3CCCC(F)(F)CC3)cnc(C(F)(F)F)c2Cl)c1. The van der Waals surface area contributed by atoms with Gasteiger partial charge in [0.2, 0.25) is 5.92 Å². The molecule has 1 unspecified atom stereocenters. The summed E-state index contributed by atoms with van der Waals surface area (Å²) in [5.41, 5.74) is -2.05. The first kappa shape index (κ1) is 25.2. The van der Waals surface area contributed by atoms with E-state index in [0.29, 0.717) is 0 Å². The number of aromatic nitrogens is 1. The minimum atomic E-state index is -4.95. The van der Waals surface area contributed by atoms with Crippen LogP contribution in [0, 0.1) is 4.78 Å². The maximum atomic E-state index is 13.8. The van der Waals surface area contributed by atoms with Gasteiger partial charge in [-0.25, -0.2) is 22.8 Å². The van der Waals surface area contributed by atoms with Gasteiger partial charge in [-0.2, -0.15) is 13.2 Å². The molecular weight excluding hydrogens is 491 g/mol. The molecule has 6 nitrogen and oxygen atoms in total. The Kier molecular flexibility index (Phi) is 6.90. The highest BCUT2D eigenvalue weighted by Gasteiger charge is 2.39. The number of benzene rings is 1. The van der Waals surface area contributed by atoms with Crippen molar-refractivity contribution in [2.75, 3.05) is 29.6 Å². The Labute approximate surface area is 192 Å². The van der Waals surface area contributed by atoms with Crippen LogP contribution in [0.3, 0.4) is 0 Å². The summed E-state index contributed by atoms with van der Waals surface area (Å²) in [4.78, 5) is 17.9. The van der Waals surface area contributed by atoms with Crippen molar-refractivity contribution < 1.29 is 31.0 Å². The third-order valence-electron chi connectivity index (χ3n) is 5.10. The van der Waals surface area contributed by atoms with Gasteiger partial charge in [0.15, 0.2) is 5.69 Å². The zero-order valence-corrected chi connectivity index (χ0v) is 18.9. The number of hydrogen-bond donors (Lipinski definition) is 2. The molecule has 1 atom stereocenters. The van der Waals surface area contributed by atoms with Gasteiger partial charge in [-0.05, 0) is 24.6 Å². The van der Waals surface area contributed by atoms with Crippen molar-refractivity contribution in [2.45, 2.75) is 36.3 Å². The maximum Gasteiger partial charge on any atom is 0.434 e. The quantitative estimate of drug-likeness (QED) is 0.519. The third-order valence-corrected chi connectivity index (χ3v) is 6.62. The van der Waals surface area contributed by atoms with E-state index in [1.807, 2.05) is 0 Å². The van der Waals surface area contributed by atoms with Gasteiger partial charge in [0.25, 0.3) is 5.91 Å². The molecule has 1 fully saturated rings. The molecule has 0 aliphatic carbocycles. The first-order valence-corrected chi connectivity index (χ1v) is 12.1. The fourth-order valence-electron chi connectivity index (χ4n) is 3.45. The van der Waals surface area contributed by atoms with Gasteiger partial charge in [-0.15, -0.1) is 0 Å². The molecule has 1 saturated heterocycles. The second-order valence-electron chi connectivity index (χ2n) is 7.70. The fraction of sp³-hybridized carbons (Fsp3) is 0.400. The second kappa shape index (κ2) is 9.05. The Balaban J connectivity index is 2.05. The minimum absolute atomic E-state index is 0.0586. The molecule has 0 spiro atoms. The summed E-state index contributed by atoms with van der Waals surface area (Å²) in [5, 5.41) is 1.45. The molecule has 1 aliphatic heterocycles. The van der Waals surface area contributed by atoms with Crippen LogP contribution in [-0.4, -0.2) is 40.4 Å². The lowest BCUT2D eigenvalue weighted by molar-refractivity contribution is -0.141. The number of nitrogens with zero attached hydrogens (tertiary/aromatic N) is 2. The predicted molar refractivity (Wildman–Crippen MR) is 115 cm³/mol. The molecular formula is C20H20ClF5N4O2S. The van der Waals surface area contributed by atoms with Gasteiger partial charge < -0.3 is 10.2 Å². The highest BCUT2D eigenvalue weighted by molar-refractivity contribution is 7.91. The standard InChI is InChI=1S/C20H20ClF5N4O2S/c1-33(27,32)13-5-2-4-12(10-13)29-18(31)15-14(11-28-17(16(15)21)20(24,25)26)30-8-3-6-19(22,23)7-9-30/h2,4-5,10-11,27H,3,6-9H2,1H3,(H,29,31). The van der Waals surface area contributed by atoms with Gasteiger partial charge in [0, 0.05) is 42.8 Å². The summed E-state index contributed by atoms with van der Waals surface area (Å²) in [6, 6.07) is 5.50. The number of amides is 1. The van der Waals surface area contributed by atoms with E-state index in [2.05, 4.69) is 10.3 Å². The summed E-state index contributed by atoms with van der Waals surface area (Å²) < 4.78 is 87.4. The molecule has 1 aliphatic rings. The monoisotopic (exact) mass is 510 g/mol. The van der Waals surface area contributed by atoms with Crippen LogP contribution < -0.4 is 10.2 Å². The van der Waals surface area contributed by atoms with Crippen molar-refractivity contribution >= 4 is 38.6 Å². The average molecular weight is 511 g/mol. The molecule has 0 saturated carbocycles. The maximum absolute atomic E-state index is 13.8. The van der Waals surface area contributed by atoms with Gasteiger partial charge >= 0.3 is 6.18 Å². The molecule has 180 valence electrons. The molecule has 33 heavy (non-hydrogen) atoms. The minimum Gasteiger partial charge on any atom is -0.369 e. The fourth-order valence-corrected chi connectivity index (χ4v) is 4.47. The lowest BCUT2D eigenvalue weighted by Crippen LogP contribution is -2.29. The highest BCUT2D eigenvalue weighted by Crippen LogP contribution is 2.39. The van der Waals surface area contributed by atoms with E-state index >= 15 is 0 Å². The van der Waals surface area contributed by atoms with Gasteiger partial charge in [0.1, 0.15) is 0 Å². The summed E-state index contributed by atoms with van der Waals surface area (Å²) in [6.07, 6.45) is -3.83. The van der Waals surface area contributed by atoms with E-state index in [1.54, 1.807) is 0 Å². The lowest BCUT2D eigenvalue weighted by Gasteiger charge is -2.26. The van der Waals surface area contributed by atoms with E-state index in [1.165, 1.54) is 35.4 Å². The van der Waals surface area contributed by atoms with Crippen LogP contribution in [-0.2, 0) is 15.9 Å². The number of pyridine rings is 1. The Morgan fingerprint density at radius 3 is 2.61 bits per heavy atom. The normalized spacial score (nSPS) is 18.3. The molecule has 2 aromatic rings. The number of rotatable bonds is 4. The molecule has 0 radical (unpaired) electrons. The largest absolute Gasteiger partial charge is 0.434 e. The van der Waals surface area contributed by atoms with Crippen molar-refractivity contribution in [2.24, 2.45) is 0 Å². The number of alkyl halides is 5. The average Bonchev–Trinajstić information content (AvgIpc) is 2.86. The number of hydrogen-bond acceptors (Lipinski definition) is 5. The van der Waals surface area contributed by atoms with Crippen molar-refractivity contribution in [1.82, 2.24) is 4.98 Å². The summed E-state index contributed by atoms with van der Waals surface area (Å²) in [7, 11) is -3.12. The highest BCUT2D eigenvalue weighted by atomic mass is 35.5. The van der Waals surface area contributed by atoms with E-state index in [0.717, 1.165) is 6.20 Å². The number of carbonyl (C=O) groups is 1. The Morgan fingerprint density at radius 1 is 1.27 bits per heavy atom. The number of halogens is 6. The first-order valence-electron chi connectivity index (χ1n) is 9.73. The summed E-state index contributed by atoms with van der Waals surface area (Å²) in [6.45, 7) is -0.131. The smallest absolute Gasteiger partial charge is 0.369 e. The Hall–Kier alpha value is -2.47.